The molecule has 1 N–H and O–H groups in total. The van der Waals surface area contributed by atoms with Crippen LogP contribution in [0.2, 0.25) is 0 Å². The van der Waals surface area contributed by atoms with Crippen molar-refractivity contribution >= 4 is 0 Å². The zero-order valence-corrected chi connectivity index (χ0v) is 12.5. The van der Waals surface area contributed by atoms with Crippen molar-refractivity contribution in [2.24, 2.45) is 5.92 Å². The molecule has 3 rings (SSSR count). The lowest BCUT2D eigenvalue weighted by molar-refractivity contribution is 0.0420. The minimum atomic E-state index is 0.239. The summed E-state index contributed by atoms with van der Waals surface area (Å²) in [7, 11) is 0. The van der Waals surface area contributed by atoms with Crippen LogP contribution in [-0.2, 0) is 11.2 Å². The third kappa shape index (κ3) is 3.22. The fourth-order valence-corrected chi connectivity index (χ4v) is 3.43. The molecule has 2 heterocycles. The molecule has 1 aromatic carbocycles. The summed E-state index contributed by atoms with van der Waals surface area (Å²) in [4.78, 5) is 2.54. The largest absolute Gasteiger partial charge is 0.372 e. The number of hydrogen-bond acceptors (Lipinski definition) is 3. The van der Waals surface area contributed by atoms with Crippen molar-refractivity contribution in [1.82, 2.24) is 10.2 Å². The van der Waals surface area contributed by atoms with E-state index in [0.717, 1.165) is 32.0 Å². The fourth-order valence-electron chi connectivity index (χ4n) is 3.43. The molecular weight excluding hydrogens is 248 g/mol. The van der Waals surface area contributed by atoms with Gasteiger partial charge in [0.05, 0.1) is 12.7 Å². The lowest BCUT2D eigenvalue weighted by Gasteiger charge is -2.26. The summed E-state index contributed by atoms with van der Waals surface area (Å²) in [6, 6.07) is 8.71. The Labute approximate surface area is 122 Å². The van der Waals surface area contributed by atoms with Crippen LogP contribution >= 0.6 is 0 Å². The number of ether oxygens (including phenoxy) is 1. The summed E-state index contributed by atoms with van der Waals surface area (Å²) in [5.41, 5.74) is 2.84. The van der Waals surface area contributed by atoms with Crippen LogP contribution in [0.1, 0.15) is 30.6 Å². The summed E-state index contributed by atoms with van der Waals surface area (Å²) in [6.45, 7) is 8.89. The smallest absolute Gasteiger partial charge is 0.0952 e. The summed E-state index contributed by atoms with van der Waals surface area (Å²) < 4.78 is 5.94. The first-order valence-corrected chi connectivity index (χ1v) is 7.99. The maximum Gasteiger partial charge on any atom is 0.0952 e. The molecule has 0 bridgehead atoms. The Bertz CT molecular complexity index is 435. The molecule has 0 aromatic heterocycles. The first-order chi connectivity index (χ1) is 9.86. The molecule has 2 aliphatic heterocycles. The van der Waals surface area contributed by atoms with Crippen LogP contribution in [-0.4, -0.2) is 44.2 Å². The van der Waals surface area contributed by atoms with Crippen LogP contribution < -0.4 is 5.32 Å². The van der Waals surface area contributed by atoms with Crippen molar-refractivity contribution in [2.45, 2.75) is 25.9 Å². The normalized spacial score (nSPS) is 26.6. The van der Waals surface area contributed by atoms with E-state index in [0.29, 0.717) is 0 Å². The second kappa shape index (κ2) is 6.70. The SMILES string of the molecule is CCN1CCC(CNCC2OCCc3ccccc32)C1. The van der Waals surface area contributed by atoms with E-state index in [2.05, 4.69) is 41.4 Å². The number of rotatable bonds is 5. The Balaban J connectivity index is 1.48. The molecular formula is C17H26N2O. The van der Waals surface area contributed by atoms with Crippen molar-refractivity contribution in [1.29, 1.82) is 0 Å². The molecule has 2 unspecified atom stereocenters. The Morgan fingerprint density at radius 3 is 3.05 bits per heavy atom. The number of nitrogens with one attached hydrogen (secondary N) is 1. The quantitative estimate of drug-likeness (QED) is 0.891. The Hall–Kier alpha value is -0.900. The second-order valence-electron chi connectivity index (χ2n) is 6.01. The lowest BCUT2D eigenvalue weighted by Crippen LogP contribution is -2.32. The van der Waals surface area contributed by atoms with Gasteiger partial charge in [0, 0.05) is 13.1 Å². The van der Waals surface area contributed by atoms with E-state index in [1.54, 1.807) is 0 Å². The molecule has 1 saturated heterocycles. The van der Waals surface area contributed by atoms with Gasteiger partial charge in [0.15, 0.2) is 0 Å². The zero-order valence-electron chi connectivity index (χ0n) is 12.5. The van der Waals surface area contributed by atoms with E-state index in [-0.39, 0.29) is 6.10 Å². The molecule has 0 saturated carbocycles. The van der Waals surface area contributed by atoms with Crippen molar-refractivity contribution in [3.63, 3.8) is 0 Å². The van der Waals surface area contributed by atoms with Gasteiger partial charge in [0.25, 0.3) is 0 Å². The summed E-state index contributed by atoms with van der Waals surface area (Å²) >= 11 is 0. The number of hydrogen-bond donors (Lipinski definition) is 1. The van der Waals surface area contributed by atoms with Gasteiger partial charge in [0.1, 0.15) is 0 Å². The monoisotopic (exact) mass is 274 g/mol. The maximum atomic E-state index is 5.94. The number of likely N-dealkylation sites (tertiary alicyclic amines) is 1. The third-order valence-electron chi connectivity index (χ3n) is 4.67. The van der Waals surface area contributed by atoms with Crippen LogP contribution in [0.25, 0.3) is 0 Å². The van der Waals surface area contributed by atoms with Crippen LogP contribution in [0.5, 0.6) is 0 Å². The Morgan fingerprint density at radius 2 is 2.20 bits per heavy atom. The summed E-state index contributed by atoms with van der Waals surface area (Å²) in [5.74, 6) is 0.814. The molecule has 1 fully saturated rings. The predicted molar refractivity (Wildman–Crippen MR) is 81.9 cm³/mol. The second-order valence-corrected chi connectivity index (χ2v) is 6.01. The molecule has 2 atom stereocenters. The van der Waals surface area contributed by atoms with E-state index in [4.69, 9.17) is 4.74 Å². The van der Waals surface area contributed by atoms with Gasteiger partial charge in [-0.3, -0.25) is 0 Å². The highest BCUT2D eigenvalue weighted by atomic mass is 16.5. The minimum Gasteiger partial charge on any atom is -0.372 e. The molecule has 3 nitrogen and oxygen atoms in total. The average Bonchev–Trinajstić information content (AvgIpc) is 2.95. The highest BCUT2D eigenvalue weighted by Crippen LogP contribution is 2.26. The minimum absolute atomic E-state index is 0.239. The molecule has 2 aliphatic rings. The lowest BCUT2D eigenvalue weighted by atomic mass is 9.97. The summed E-state index contributed by atoms with van der Waals surface area (Å²) in [5, 5.41) is 3.63. The van der Waals surface area contributed by atoms with Gasteiger partial charge < -0.3 is 15.0 Å². The Morgan fingerprint density at radius 1 is 1.30 bits per heavy atom. The standard InChI is InChI=1S/C17H26N2O/c1-2-19-9-7-14(13-19)11-18-12-17-16-6-4-3-5-15(16)8-10-20-17/h3-6,14,17-18H,2,7-13H2,1H3. The van der Waals surface area contributed by atoms with Crippen molar-refractivity contribution in [3.8, 4) is 0 Å². The van der Waals surface area contributed by atoms with Gasteiger partial charge in [-0.2, -0.15) is 0 Å². The molecule has 0 aliphatic carbocycles. The fraction of sp³-hybridized carbons (Fsp3) is 0.647. The van der Waals surface area contributed by atoms with E-state index < -0.39 is 0 Å². The van der Waals surface area contributed by atoms with Gasteiger partial charge in [-0.25, -0.2) is 0 Å². The van der Waals surface area contributed by atoms with Crippen molar-refractivity contribution in [3.05, 3.63) is 35.4 Å². The Kier molecular flexibility index (Phi) is 4.71. The number of nitrogens with zero attached hydrogens (tertiary/aromatic N) is 1. The van der Waals surface area contributed by atoms with Gasteiger partial charge in [-0.15, -0.1) is 0 Å². The van der Waals surface area contributed by atoms with Crippen LogP contribution in [0.4, 0.5) is 0 Å². The van der Waals surface area contributed by atoms with Gasteiger partial charge in [-0.1, -0.05) is 31.2 Å². The maximum absolute atomic E-state index is 5.94. The number of benzene rings is 1. The highest BCUT2D eigenvalue weighted by molar-refractivity contribution is 5.31. The zero-order chi connectivity index (χ0) is 13.8. The molecule has 3 heteroatoms. The molecule has 1 aromatic rings. The van der Waals surface area contributed by atoms with Gasteiger partial charge in [0.2, 0.25) is 0 Å². The number of fused-ring (bicyclic) bond motifs is 1. The van der Waals surface area contributed by atoms with Gasteiger partial charge >= 0.3 is 0 Å². The van der Waals surface area contributed by atoms with E-state index in [9.17, 15) is 0 Å². The predicted octanol–water partition coefficient (Wildman–Crippen LogP) is 2.23. The van der Waals surface area contributed by atoms with E-state index in [1.165, 1.54) is 37.2 Å². The van der Waals surface area contributed by atoms with Crippen molar-refractivity contribution in [2.75, 3.05) is 39.3 Å². The molecule has 20 heavy (non-hydrogen) atoms. The topological polar surface area (TPSA) is 24.5 Å². The average molecular weight is 274 g/mol. The first kappa shape index (κ1) is 14.1. The van der Waals surface area contributed by atoms with Crippen molar-refractivity contribution < 1.29 is 4.74 Å². The van der Waals surface area contributed by atoms with Gasteiger partial charge in [-0.05, 0) is 49.5 Å². The van der Waals surface area contributed by atoms with Crippen LogP contribution in [0.3, 0.4) is 0 Å². The van der Waals surface area contributed by atoms with Crippen LogP contribution in [0, 0.1) is 5.92 Å². The first-order valence-electron chi connectivity index (χ1n) is 7.99. The third-order valence-corrected chi connectivity index (χ3v) is 4.67. The van der Waals surface area contributed by atoms with E-state index in [1.807, 2.05) is 0 Å². The van der Waals surface area contributed by atoms with Crippen LogP contribution in [0.15, 0.2) is 24.3 Å². The molecule has 0 spiro atoms. The van der Waals surface area contributed by atoms with E-state index >= 15 is 0 Å². The molecule has 0 amide bonds. The summed E-state index contributed by atoms with van der Waals surface area (Å²) in [6.07, 6.45) is 2.63. The molecule has 0 radical (unpaired) electrons. The molecule has 110 valence electrons. The highest BCUT2D eigenvalue weighted by Gasteiger charge is 2.23.